The van der Waals surface area contributed by atoms with Gasteiger partial charge in [0.2, 0.25) is 0 Å². The SMILES string of the molecule is CCn1ncc(NC(=O)c2cccc(Cn3cc(Br)cn3)c2)c1C(=O)Nc1cnn(C)c1C. The molecule has 0 aliphatic heterocycles. The van der Waals surface area contributed by atoms with Crippen molar-refractivity contribution in [3.63, 3.8) is 0 Å². The molecule has 0 atom stereocenters. The van der Waals surface area contributed by atoms with E-state index in [2.05, 4.69) is 41.9 Å². The van der Waals surface area contributed by atoms with Gasteiger partial charge in [-0.25, -0.2) is 0 Å². The zero-order valence-electron chi connectivity index (χ0n) is 18.4. The molecule has 0 bridgehead atoms. The summed E-state index contributed by atoms with van der Waals surface area (Å²) in [4.78, 5) is 26.0. The lowest BCUT2D eigenvalue weighted by atomic mass is 10.1. The van der Waals surface area contributed by atoms with Crippen LogP contribution in [0.4, 0.5) is 11.4 Å². The van der Waals surface area contributed by atoms with Crippen molar-refractivity contribution in [2.75, 3.05) is 10.6 Å². The normalized spacial score (nSPS) is 10.9. The maximum absolute atomic E-state index is 13.0. The minimum atomic E-state index is -0.376. The summed E-state index contributed by atoms with van der Waals surface area (Å²) in [6.07, 6.45) is 6.64. The molecule has 4 aromatic rings. The highest BCUT2D eigenvalue weighted by Gasteiger charge is 2.21. The molecule has 0 radical (unpaired) electrons. The summed E-state index contributed by atoms with van der Waals surface area (Å²) in [6, 6.07) is 7.27. The average Bonchev–Trinajstić information content (AvgIpc) is 3.49. The van der Waals surface area contributed by atoms with Gasteiger partial charge in [-0.15, -0.1) is 0 Å². The van der Waals surface area contributed by atoms with Crippen molar-refractivity contribution in [1.82, 2.24) is 29.3 Å². The molecule has 10 nitrogen and oxygen atoms in total. The first kappa shape index (κ1) is 22.5. The Morgan fingerprint density at radius 1 is 1.03 bits per heavy atom. The van der Waals surface area contributed by atoms with Crippen LogP contribution >= 0.6 is 15.9 Å². The average molecular weight is 511 g/mol. The maximum atomic E-state index is 13.0. The third-order valence-electron chi connectivity index (χ3n) is 5.22. The second-order valence-corrected chi connectivity index (χ2v) is 8.37. The number of benzene rings is 1. The lowest BCUT2D eigenvalue weighted by Crippen LogP contribution is -2.21. The Labute approximate surface area is 198 Å². The number of anilines is 2. The Morgan fingerprint density at radius 2 is 1.79 bits per heavy atom. The molecule has 3 heterocycles. The van der Waals surface area contributed by atoms with Crippen LogP contribution in [0.3, 0.4) is 0 Å². The van der Waals surface area contributed by atoms with Crippen molar-refractivity contribution in [2.45, 2.75) is 26.9 Å². The van der Waals surface area contributed by atoms with E-state index in [0.717, 1.165) is 15.7 Å². The van der Waals surface area contributed by atoms with E-state index in [1.807, 2.05) is 32.2 Å². The van der Waals surface area contributed by atoms with Crippen LogP contribution in [0.5, 0.6) is 0 Å². The summed E-state index contributed by atoms with van der Waals surface area (Å²) in [5, 5.41) is 18.3. The summed E-state index contributed by atoms with van der Waals surface area (Å²) >= 11 is 3.38. The van der Waals surface area contributed by atoms with E-state index in [1.54, 1.807) is 45.6 Å². The van der Waals surface area contributed by atoms with Gasteiger partial charge in [0.15, 0.2) is 0 Å². The Hall–Kier alpha value is -3.73. The monoisotopic (exact) mass is 510 g/mol. The lowest BCUT2D eigenvalue weighted by molar-refractivity contribution is 0.101. The van der Waals surface area contributed by atoms with Crippen LogP contribution in [0, 0.1) is 6.92 Å². The van der Waals surface area contributed by atoms with E-state index in [-0.39, 0.29) is 17.5 Å². The summed E-state index contributed by atoms with van der Waals surface area (Å²) in [5.41, 5.74) is 3.41. The molecule has 0 fully saturated rings. The summed E-state index contributed by atoms with van der Waals surface area (Å²) < 4.78 is 5.87. The topological polar surface area (TPSA) is 112 Å². The predicted octanol–water partition coefficient (Wildman–Crippen LogP) is 3.46. The molecule has 2 N–H and O–H groups in total. The number of rotatable bonds is 7. The Balaban J connectivity index is 1.54. The van der Waals surface area contributed by atoms with Gasteiger partial charge >= 0.3 is 0 Å². The van der Waals surface area contributed by atoms with Crippen LogP contribution in [-0.2, 0) is 20.1 Å². The number of carbonyl (C=O) groups is 2. The molecule has 4 rings (SSSR count). The van der Waals surface area contributed by atoms with Gasteiger partial charge < -0.3 is 10.6 Å². The second-order valence-electron chi connectivity index (χ2n) is 7.45. The number of amides is 2. The second kappa shape index (κ2) is 9.41. The number of carbonyl (C=O) groups excluding carboxylic acids is 2. The van der Waals surface area contributed by atoms with Crippen molar-refractivity contribution < 1.29 is 9.59 Å². The van der Waals surface area contributed by atoms with Crippen LogP contribution in [0.15, 0.2) is 53.5 Å². The number of hydrogen-bond acceptors (Lipinski definition) is 5. The molecule has 2 amide bonds. The first-order valence-corrected chi connectivity index (χ1v) is 11.1. The van der Waals surface area contributed by atoms with Gasteiger partial charge in [-0.2, -0.15) is 15.3 Å². The highest BCUT2D eigenvalue weighted by Crippen LogP contribution is 2.20. The first-order valence-electron chi connectivity index (χ1n) is 10.3. The number of halogens is 1. The van der Waals surface area contributed by atoms with Gasteiger partial charge in [0, 0.05) is 25.4 Å². The first-order chi connectivity index (χ1) is 15.9. The van der Waals surface area contributed by atoms with E-state index < -0.39 is 0 Å². The summed E-state index contributed by atoms with van der Waals surface area (Å²) in [7, 11) is 1.80. The standard InChI is InChI=1S/C22H23BrN8O2/c1-4-31-20(22(33)27-18-10-24-29(3)14(18)2)19(11-26-31)28-21(32)16-7-5-6-15(8-16)12-30-13-17(23)9-25-30/h5-11,13H,4,12H2,1-3H3,(H,27,33)(H,28,32). The number of aromatic nitrogens is 6. The smallest absolute Gasteiger partial charge is 0.276 e. The number of nitrogens with zero attached hydrogens (tertiary/aromatic N) is 6. The molecule has 1 aromatic carbocycles. The van der Waals surface area contributed by atoms with Crippen LogP contribution < -0.4 is 10.6 Å². The molecule has 0 saturated carbocycles. The van der Waals surface area contributed by atoms with Crippen molar-refractivity contribution in [3.8, 4) is 0 Å². The van der Waals surface area contributed by atoms with E-state index in [4.69, 9.17) is 0 Å². The van der Waals surface area contributed by atoms with Crippen LogP contribution in [0.2, 0.25) is 0 Å². The van der Waals surface area contributed by atoms with E-state index in [1.165, 1.54) is 6.20 Å². The molecule has 0 spiro atoms. The van der Waals surface area contributed by atoms with Crippen molar-refractivity contribution in [1.29, 1.82) is 0 Å². The molecule has 0 saturated heterocycles. The minimum absolute atomic E-state index is 0.270. The van der Waals surface area contributed by atoms with Crippen LogP contribution in [-0.4, -0.2) is 41.2 Å². The van der Waals surface area contributed by atoms with Crippen LogP contribution in [0.25, 0.3) is 0 Å². The van der Waals surface area contributed by atoms with Gasteiger partial charge in [-0.05, 0) is 47.5 Å². The third kappa shape index (κ3) is 4.87. The Kier molecular flexibility index (Phi) is 6.40. The van der Waals surface area contributed by atoms with E-state index in [0.29, 0.717) is 30.0 Å². The molecule has 33 heavy (non-hydrogen) atoms. The van der Waals surface area contributed by atoms with E-state index in [9.17, 15) is 9.59 Å². The zero-order chi connectivity index (χ0) is 23.5. The minimum Gasteiger partial charge on any atom is -0.319 e. The van der Waals surface area contributed by atoms with Crippen LogP contribution in [0.1, 0.15) is 39.0 Å². The third-order valence-corrected chi connectivity index (χ3v) is 5.63. The fourth-order valence-corrected chi connectivity index (χ4v) is 3.70. The molecular weight excluding hydrogens is 488 g/mol. The quantitative estimate of drug-likeness (QED) is 0.395. The molecule has 0 unspecified atom stereocenters. The van der Waals surface area contributed by atoms with Crippen molar-refractivity contribution in [3.05, 3.63) is 76.0 Å². The van der Waals surface area contributed by atoms with Gasteiger partial charge in [-0.1, -0.05) is 12.1 Å². The van der Waals surface area contributed by atoms with Crippen molar-refractivity contribution in [2.24, 2.45) is 7.05 Å². The fraction of sp³-hybridized carbons (Fsp3) is 0.227. The van der Waals surface area contributed by atoms with Gasteiger partial charge in [-0.3, -0.25) is 23.6 Å². The molecule has 170 valence electrons. The number of nitrogens with one attached hydrogen (secondary N) is 2. The largest absolute Gasteiger partial charge is 0.319 e. The molecule has 11 heteroatoms. The highest BCUT2D eigenvalue weighted by atomic mass is 79.9. The van der Waals surface area contributed by atoms with Gasteiger partial charge in [0.1, 0.15) is 5.69 Å². The maximum Gasteiger partial charge on any atom is 0.276 e. The molecule has 3 aromatic heterocycles. The molecule has 0 aliphatic carbocycles. The number of aryl methyl sites for hydroxylation is 2. The fourth-order valence-electron chi connectivity index (χ4n) is 3.38. The van der Waals surface area contributed by atoms with Gasteiger partial charge in [0.25, 0.3) is 11.8 Å². The Bertz CT molecular complexity index is 1320. The highest BCUT2D eigenvalue weighted by molar-refractivity contribution is 9.10. The summed E-state index contributed by atoms with van der Waals surface area (Å²) in [6.45, 7) is 4.73. The van der Waals surface area contributed by atoms with Gasteiger partial charge in [0.05, 0.1) is 46.7 Å². The molecule has 0 aliphatic rings. The van der Waals surface area contributed by atoms with Crippen molar-refractivity contribution >= 4 is 39.1 Å². The number of hydrogen-bond donors (Lipinski definition) is 2. The zero-order valence-corrected chi connectivity index (χ0v) is 20.0. The van der Waals surface area contributed by atoms with E-state index >= 15 is 0 Å². The Morgan fingerprint density at radius 3 is 2.45 bits per heavy atom. The lowest BCUT2D eigenvalue weighted by Gasteiger charge is -2.10. The molecular formula is C22H23BrN8O2. The predicted molar refractivity (Wildman–Crippen MR) is 127 cm³/mol. The summed E-state index contributed by atoms with van der Waals surface area (Å²) in [5.74, 6) is -0.709.